The predicted octanol–water partition coefficient (Wildman–Crippen LogP) is 2.80. The number of hydrogen-bond acceptors (Lipinski definition) is 2. The van der Waals surface area contributed by atoms with E-state index in [1.165, 1.54) is 12.1 Å². The van der Waals surface area contributed by atoms with E-state index in [-0.39, 0.29) is 5.56 Å². The van der Waals surface area contributed by atoms with Crippen LogP contribution in [0.2, 0.25) is 0 Å². The van der Waals surface area contributed by atoms with Gasteiger partial charge in [0.05, 0.1) is 6.54 Å². The Morgan fingerprint density at radius 1 is 0.941 bits per heavy atom. The summed E-state index contributed by atoms with van der Waals surface area (Å²) in [4.78, 5) is 3.90. The molecular formula is C13H12F2N2. The summed E-state index contributed by atoms with van der Waals surface area (Å²) in [7, 11) is 0. The van der Waals surface area contributed by atoms with Crippen LogP contribution >= 0.6 is 0 Å². The minimum absolute atomic E-state index is 0.0576. The normalized spacial score (nSPS) is 11.5. The lowest BCUT2D eigenvalue weighted by Crippen LogP contribution is -2.24. The summed E-state index contributed by atoms with van der Waals surface area (Å²) in [5.41, 5.74) is 6.80. The molecule has 2 N–H and O–H groups in total. The molecule has 1 aromatic carbocycles. The van der Waals surface area contributed by atoms with Crippen LogP contribution in [0.3, 0.4) is 0 Å². The van der Waals surface area contributed by atoms with Gasteiger partial charge in [0, 0.05) is 18.0 Å². The van der Waals surface area contributed by atoms with Gasteiger partial charge in [0.25, 0.3) is 5.92 Å². The lowest BCUT2D eigenvalue weighted by atomic mass is 10.0. The molecule has 1 heterocycles. The van der Waals surface area contributed by atoms with Gasteiger partial charge in [0.15, 0.2) is 0 Å². The Hall–Kier alpha value is -1.81. The first-order chi connectivity index (χ1) is 8.13. The van der Waals surface area contributed by atoms with Crippen molar-refractivity contribution in [2.24, 2.45) is 5.73 Å². The maximum Gasteiger partial charge on any atom is 0.285 e. The van der Waals surface area contributed by atoms with Crippen LogP contribution in [-0.4, -0.2) is 11.5 Å². The Morgan fingerprint density at radius 2 is 1.47 bits per heavy atom. The second-order valence-corrected chi connectivity index (χ2v) is 3.72. The van der Waals surface area contributed by atoms with Crippen molar-refractivity contribution in [1.82, 2.24) is 4.98 Å². The molecule has 1 aromatic heterocycles. The van der Waals surface area contributed by atoms with Crippen LogP contribution in [0.5, 0.6) is 0 Å². The summed E-state index contributed by atoms with van der Waals surface area (Å²) in [5, 5.41) is 0. The van der Waals surface area contributed by atoms with Crippen molar-refractivity contribution in [2.75, 3.05) is 6.54 Å². The fourth-order valence-corrected chi connectivity index (χ4v) is 1.57. The summed E-state index contributed by atoms with van der Waals surface area (Å²) >= 11 is 0. The van der Waals surface area contributed by atoms with E-state index in [4.69, 9.17) is 5.73 Å². The first-order valence-corrected chi connectivity index (χ1v) is 5.22. The molecule has 0 aliphatic heterocycles. The smallest absolute Gasteiger partial charge is 0.285 e. The molecule has 0 unspecified atom stereocenters. The Balaban J connectivity index is 2.31. The highest BCUT2D eigenvalue weighted by Gasteiger charge is 2.28. The van der Waals surface area contributed by atoms with Crippen LogP contribution in [0.25, 0.3) is 11.1 Å². The lowest BCUT2D eigenvalue weighted by Gasteiger charge is -2.14. The van der Waals surface area contributed by atoms with Gasteiger partial charge in [-0.2, -0.15) is 8.78 Å². The summed E-state index contributed by atoms with van der Waals surface area (Å²) < 4.78 is 26.6. The number of nitrogens with two attached hydrogens (primary N) is 1. The molecular weight excluding hydrogens is 222 g/mol. The Morgan fingerprint density at radius 3 is 2.00 bits per heavy atom. The van der Waals surface area contributed by atoms with Gasteiger partial charge in [-0.05, 0) is 23.3 Å². The standard InChI is InChI=1S/C13H12F2N2/c14-13(15,9-16)12-3-1-10(2-4-12)11-5-7-17-8-6-11/h1-8H,9,16H2. The summed E-state index contributed by atoms with van der Waals surface area (Å²) in [6.07, 6.45) is 3.33. The number of hydrogen-bond donors (Lipinski definition) is 1. The highest BCUT2D eigenvalue weighted by molar-refractivity contribution is 5.63. The van der Waals surface area contributed by atoms with Gasteiger partial charge in [-0.15, -0.1) is 0 Å². The van der Waals surface area contributed by atoms with Crippen LogP contribution < -0.4 is 5.73 Å². The van der Waals surface area contributed by atoms with Crippen LogP contribution in [-0.2, 0) is 5.92 Å². The van der Waals surface area contributed by atoms with E-state index in [0.29, 0.717) is 0 Å². The zero-order valence-electron chi connectivity index (χ0n) is 9.11. The second kappa shape index (κ2) is 4.59. The molecule has 2 rings (SSSR count). The van der Waals surface area contributed by atoms with Gasteiger partial charge in [-0.3, -0.25) is 4.98 Å². The van der Waals surface area contributed by atoms with Crippen LogP contribution in [0.1, 0.15) is 5.56 Å². The molecule has 0 aliphatic carbocycles. The molecule has 4 heteroatoms. The second-order valence-electron chi connectivity index (χ2n) is 3.72. The highest BCUT2D eigenvalue weighted by atomic mass is 19.3. The summed E-state index contributed by atoms with van der Waals surface area (Å²) in [5.74, 6) is -2.96. The molecule has 17 heavy (non-hydrogen) atoms. The molecule has 0 aliphatic rings. The maximum atomic E-state index is 13.3. The van der Waals surface area contributed by atoms with Gasteiger partial charge in [-0.25, -0.2) is 0 Å². The quantitative estimate of drug-likeness (QED) is 0.886. The number of halogens is 2. The highest BCUT2D eigenvalue weighted by Crippen LogP contribution is 2.28. The number of benzene rings is 1. The van der Waals surface area contributed by atoms with E-state index in [1.807, 2.05) is 12.1 Å². The minimum atomic E-state index is -2.96. The third kappa shape index (κ3) is 2.47. The number of alkyl halides is 2. The Bertz CT molecular complexity index is 481. The zero-order valence-corrected chi connectivity index (χ0v) is 9.11. The lowest BCUT2D eigenvalue weighted by molar-refractivity contribution is 0.00597. The van der Waals surface area contributed by atoms with Crippen molar-refractivity contribution in [3.8, 4) is 11.1 Å². The minimum Gasteiger partial charge on any atom is -0.325 e. The van der Waals surface area contributed by atoms with Crippen molar-refractivity contribution in [2.45, 2.75) is 5.92 Å². The monoisotopic (exact) mass is 234 g/mol. The van der Waals surface area contributed by atoms with Crippen LogP contribution in [0.15, 0.2) is 48.8 Å². The van der Waals surface area contributed by atoms with Crippen molar-refractivity contribution >= 4 is 0 Å². The van der Waals surface area contributed by atoms with E-state index in [1.54, 1.807) is 24.5 Å². The molecule has 0 saturated carbocycles. The third-order valence-corrected chi connectivity index (χ3v) is 2.58. The van der Waals surface area contributed by atoms with Crippen LogP contribution in [0.4, 0.5) is 8.78 Å². The number of pyridine rings is 1. The van der Waals surface area contributed by atoms with E-state index >= 15 is 0 Å². The average molecular weight is 234 g/mol. The molecule has 0 atom stereocenters. The van der Waals surface area contributed by atoms with Gasteiger partial charge in [0.1, 0.15) is 0 Å². The van der Waals surface area contributed by atoms with Crippen molar-refractivity contribution in [1.29, 1.82) is 0 Å². The van der Waals surface area contributed by atoms with Crippen molar-refractivity contribution < 1.29 is 8.78 Å². The molecule has 88 valence electrons. The largest absolute Gasteiger partial charge is 0.325 e. The molecule has 2 aromatic rings. The molecule has 0 bridgehead atoms. The molecule has 0 spiro atoms. The van der Waals surface area contributed by atoms with Gasteiger partial charge < -0.3 is 5.73 Å². The molecule has 0 fully saturated rings. The van der Waals surface area contributed by atoms with Crippen molar-refractivity contribution in [3.63, 3.8) is 0 Å². The number of nitrogens with zero attached hydrogens (tertiary/aromatic N) is 1. The topological polar surface area (TPSA) is 38.9 Å². The first kappa shape index (κ1) is 11.7. The summed E-state index contributed by atoms with van der Waals surface area (Å²) in [6.45, 7) is -0.679. The van der Waals surface area contributed by atoms with E-state index in [2.05, 4.69) is 4.98 Å². The number of rotatable bonds is 3. The number of aromatic nitrogens is 1. The molecule has 0 saturated heterocycles. The molecule has 0 amide bonds. The summed E-state index contributed by atoms with van der Waals surface area (Å²) in [6, 6.07) is 9.79. The van der Waals surface area contributed by atoms with E-state index in [9.17, 15) is 8.78 Å². The van der Waals surface area contributed by atoms with Crippen molar-refractivity contribution in [3.05, 3.63) is 54.4 Å². The Kier molecular flexibility index (Phi) is 3.15. The fourth-order valence-electron chi connectivity index (χ4n) is 1.57. The van der Waals surface area contributed by atoms with Gasteiger partial charge >= 0.3 is 0 Å². The van der Waals surface area contributed by atoms with E-state index in [0.717, 1.165) is 11.1 Å². The zero-order chi connectivity index (χ0) is 12.3. The Labute approximate surface area is 98.1 Å². The first-order valence-electron chi connectivity index (χ1n) is 5.22. The average Bonchev–Trinajstić information content (AvgIpc) is 2.40. The third-order valence-electron chi connectivity index (χ3n) is 2.58. The van der Waals surface area contributed by atoms with E-state index < -0.39 is 12.5 Å². The van der Waals surface area contributed by atoms with Crippen LogP contribution in [0, 0.1) is 0 Å². The van der Waals surface area contributed by atoms with Gasteiger partial charge in [0.2, 0.25) is 0 Å². The molecule has 0 radical (unpaired) electrons. The predicted molar refractivity (Wildman–Crippen MR) is 62.6 cm³/mol. The molecule has 2 nitrogen and oxygen atoms in total. The maximum absolute atomic E-state index is 13.3. The van der Waals surface area contributed by atoms with Gasteiger partial charge in [-0.1, -0.05) is 24.3 Å². The fraction of sp³-hybridized carbons (Fsp3) is 0.154. The SMILES string of the molecule is NCC(F)(F)c1ccc(-c2ccncc2)cc1.